The van der Waals surface area contributed by atoms with Gasteiger partial charge >= 0.3 is 0 Å². The Bertz CT molecular complexity index is 101. The van der Waals surface area contributed by atoms with E-state index >= 15 is 0 Å². The second-order valence-electron chi connectivity index (χ2n) is 3.33. The average molecular weight is 126 g/mol. The SMILES string of the molecule is C[C@@H]1C[C@H]2CNC[C@H]2N1. The van der Waals surface area contributed by atoms with E-state index in [1.54, 1.807) is 0 Å². The van der Waals surface area contributed by atoms with Crippen molar-refractivity contribution >= 4 is 0 Å². The lowest BCUT2D eigenvalue weighted by molar-refractivity contribution is 0.553. The van der Waals surface area contributed by atoms with Crippen LogP contribution in [0.5, 0.6) is 0 Å². The van der Waals surface area contributed by atoms with Crippen LogP contribution in [0.15, 0.2) is 0 Å². The summed E-state index contributed by atoms with van der Waals surface area (Å²) >= 11 is 0. The maximum absolute atomic E-state index is 3.55. The van der Waals surface area contributed by atoms with Crippen molar-refractivity contribution in [3.8, 4) is 0 Å². The smallest absolute Gasteiger partial charge is 0.0235 e. The highest BCUT2D eigenvalue weighted by Crippen LogP contribution is 2.22. The van der Waals surface area contributed by atoms with Gasteiger partial charge in [0, 0.05) is 18.6 Å². The third kappa shape index (κ3) is 0.864. The highest BCUT2D eigenvalue weighted by molar-refractivity contribution is 4.95. The number of fused-ring (bicyclic) bond motifs is 1. The topological polar surface area (TPSA) is 24.1 Å². The molecule has 2 heteroatoms. The molecule has 0 saturated carbocycles. The van der Waals surface area contributed by atoms with Crippen LogP contribution in [0.25, 0.3) is 0 Å². The molecule has 0 radical (unpaired) electrons. The normalized spacial score (nSPS) is 49.7. The summed E-state index contributed by atoms with van der Waals surface area (Å²) < 4.78 is 0. The fourth-order valence-electron chi connectivity index (χ4n) is 2.06. The summed E-state index contributed by atoms with van der Waals surface area (Å²) in [6, 6.07) is 1.56. The van der Waals surface area contributed by atoms with E-state index in [9.17, 15) is 0 Å². The predicted molar refractivity (Wildman–Crippen MR) is 37.4 cm³/mol. The third-order valence-corrected chi connectivity index (χ3v) is 2.49. The van der Waals surface area contributed by atoms with Gasteiger partial charge in [-0.05, 0) is 25.8 Å². The molecular weight excluding hydrogens is 112 g/mol. The van der Waals surface area contributed by atoms with E-state index in [1.165, 1.54) is 19.5 Å². The van der Waals surface area contributed by atoms with E-state index in [0.717, 1.165) is 18.0 Å². The third-order valence-electron chi connectivity index (χ3n) is 2.49. The summed E-state index contributed by atoms with van der Waals surface area (Å²) in [5.41, 5.74) is 0. The molecular formula is C7H14N2. The minimum absolute atomic E-state index is 0.766. The zero-order chi connectivity index (χ0) is 6.27. The number of rotatable bonds is 0. The molecule has 0 spiro atoms. The van der Waals surface area contributed by atoms with Crippen LogP contribution in [0.3, 0.4) is 0 Å². The van der Waals surface area contributed by atoms with E-state index in [4.69, 9.17) is 0 Å². The van der Waals surface area contributed by atoms with Crippen LogP contribution in [0, 0.1) is 5.92 Å². The van der Waals surface area contributed by atoms with Gasteiger partial charge < -0.3 is 10.6 Å². The molecule has 3 atom stereocenters. The van der Waals surface area contributed by atoms with Gasteiger partial charge in [-0.3, -0.25) is 0 Å². The maximum atomic E-state index is 3.55. The Morgan fingerprint density at radius 3 is 3.00 bits per heavy atom. The molecule has 0 aliphatic carbocycles. The van der Waals surface area contributed by atoms with Crippen LogP contribution in [0.1, 0.15) is 13.3 Å². The molecule has 52 valence electrons. The molecule has 2 aliphatic rings. The Kier molecular flexibility index (Phi) is 1.24. The van der Waals surface area contributed by atoms with Crippen molar-refractivity contribution in [1.29, 1.82) is 0 Å². The number of hydrogen-bond acceptors (Lipinski definition) is 2. The largest absolute Gasteiger partial charge is 0.315 e. The lowest BCUT2D eigenvalue weighted by Crippen LogP contribution is -2.31. The van der Waals surface area contributed by atoms with Crippen molar-refractivity contribution in [2.75, 3.05) is 13.1 Å². The van der Waals surface area contributed by atoms with Crippen molar-refractivity contribution in [2.24, 2.45) is 5.92 Å². The summed E-state index contributed by atoms with van der Waals surface area (Å²) in [7, 11) is 0. The molecule has 0 bridgehead atoms. The minimum Gasteiger partial charge on any atom is -0.315 e. The molecule has 9 heavy (non-hydrogen) atoms. The molecule has 2 heterocycles. The summed E-state index contributed by atoms with van der Waals surface area (Å²) in [5.74, 6) is 0.931. The quantitative estimate of drug-likeness (QED) is 0.476. The average Bonchev–Trinajstić information content (AvgIpc) is 2.22. The molecule has 2 rings (SSSR count). The molecule has 0 unspecified atom stereocenters. The monoisotopic (exact) mass is 126 g/mol. The van der Waals surface area contributed by atoms with Gasteiger partial charge in [0.15, 0.2) is 0 Å². The van der Waals surface area contributed by atoms with Crippen LogP contribution in [0.4, 0.5) is 0 Å². The number of hydrogen-bond donors (Lipinski definition) is 2. The highest BCUT2D eigenvalue weighted by atomic mass is 15.1. The molecule has 2 nitrogen and oxygen atoms in total. The van der Waals surface area contributed by atoms with Crippen molar-refractivity contribution in [2.45, 2.75) is 25.4 Å². The summed E-state index contributed by atoms with van der Waals surface area (Å²) in [6.45, 7) is 4.70. The first-order valence-electron chi connectivity index (χ1n) is 3.83. The first-order valence-corrected chi connectivity index (χ1v) is 3.83. The van der Waals surface area contributed by atoms with Gasteiger partial charge in [0.25, 0.3) is 0 Å². The fourth-order valence-corrected chi connectivity index (χ4v) is 2.06. The van der Waals surface area contributed by atoms with Crippen LogP contribution in [0.2, 0.25) is 0 Å². The van der Waals surface area contributed by atoms with Crippen molar-refractivity contribution < 1.29 is 0 Å². The summed E-state index contributed by atoms with van der Waals surface area (Å²) in [4.78, 5) is 0. The van der Waals surface area contributed by atoms with Crippen molar-refractivity contribution in [3.63, 3.8) is 0 Å². The zero-order valence-electron chi connectivity index (χ0n) is 5.85. The van der Waals surface area contributed by atoms with Gasteiger partial charge in [0.2, 0.25) is 0 Å². The standard InChI is InChI=1S/C7H14N2/c1-5-2-6-3-8-4-7(6)9-5/h5-9H,2-4H2,1H3/t5-,6+,7-/m1/s1. The zero-order valence-corrected chi connectivity index (χ0v) is 5.85. The first kappa shape index (κ1) is 5.69. The Hall–Kier alpha value is -0.0800. The Morgan fingerprint density at radius 1 is 1.33 bits per heavy atom. The molecule has 0 aromatic rings. The van der Waals surface area contributed by atoms with Crippen molar-refractivity contribution in [3.05, 3.63) is 0 Å². The summed E-state index contributed by atoms with van der Waals surface area (Å²) in [5, 5.41) is 6.94. The second-order valence-corrected chi connectivity index (χ2v) is 3.33. The van der Waals surface area contributed by atoms with Crippen molar-refractivity contribution in [1.82, 2.24) is 10.6 Å². The number of nitrogens with one attached hydrogen (secondary N) is 2. The van der Waals surface area contributed by atoms with E-state index in [1.807, 2.05) is 0 Å². The molecule has 2 N–H and O–H groups in total. The van der Waals surface area contributed by atoms with Gasteiger partial charge in [-0.1, -0.05) is 0 Å². The van der Waals surface area contributed by atoms with Gasteiger partial charge in [0.05, 0.1) is 0 Å². The molecule has 2 saturated heterocycles. The maximum Gasteiger partial charge on any atom is 0.0235 e. The Balaban J connectivity index is 2.02. The highest BCUT2D eigenvalue weighted by Gasteiger charge is 2.34. The minimum atomic E-state index is 0.766. The van der Waals surface area contributed by atoms with Gasteiger partial charge in [-0.15, -0.1) is 0 Å². The van der Waals surface area contributed by atoms with Gasteiger partial charge in [-0.2, -0.15) is 0 Å². The van der Waals surface area contributed by atoms with E-state index in [2.05, 4.69) is 17.6 Å². The molecule has 0 aromatic carbocycles. The van der Waals surface area contributed by atoms with E-state index in [0.29, 0.717) is 0 Å². The lowest BCUT2D eigenvalue weighted by Gasteiger charge is -2.06. The fraction of sp³-hybridized carbons (Fsp3) is 1.00. The van der Waals surface area contributed by atoms with E-state index < -0.39 is 0 Å². The summed E-state index contributed by atoms with van der Waals surface area (Å²) in [6.07, 6.45) is 1.37. The Morgan fingerprint density at radius 2 is 2.22 bits per heavy atom. The molecule has 2 aliphatic heterocycles. The van der Waals surface area contributed by atoms with Gasteiger partial charge in [-0.25, -0.2) is 0 Å². The lowest BCUT2D eigenvalue weighted by atomic mass is 10.0. The molecule has 0 amide bonds. The Labute approximate surface area is 56.0 Å². The van der Waals surface area contributed by atoms with Crippen LogP contribution >= 0.6 is 0 Å². The van der Waals surface area contributed by atoms with Gasteiger partial charge in [0.1, 0.15) is 0 Å². The van der Waals surface area contributed by atoms with Crippen LogP contribution in [-0.4, -0.2) is 25.2 Å². The molecule has 0 aromatic heterocycles. The first-order chi connectivity index (χ1) is 4.36. The predicted octanol–water partition coefficient (Wildman–Crippen LogP) is -0.0438. The second kappa shape index (κ2) is 1.96. The molecule has 2 fully saturated rings. The van der Waals surface area contributed by atoms with E-state index in [-0.39, 0.29) is 0 Å². The van der Waals surface area contributed by atoms with Crippen LogP contribution in [-0.2, 0) is 0 Å². The van der Waals surface area contributed by atoms with Crippen LogP contribution < -0.4 is 10.6 Å².